The summed E-state index contributed by atoms with van der Waals surface area (Å²) in [5.74, 6) is 0. The molecule has 0 radical (unpaired) electrons. The van der Waals surface area contributed by atoms with E-state index >= 15 is 0 Å². The predicted molar refractivity (Wildman–Crippen MR) is 70.0 cm³/mol. The van der Waals surface area contributed by atoms with E-state index in [9.17, 15) is 5.11 Å². The maximum Gasteiger partial charge on any atom is 0.122 e. The predicted octanol–water partition coefficient (Wildman–Crippen LogP) is 2.71. The van der Waals surface area contributed by atoms with Crippen molar-refractivity contribution in [2.24, 2.45) is 0 Å². The van der Waals surface area contributed by atoms with E-state index in [1.54, 1.807) is 12.3 Å². The number of rotatable bonds is 2. The Morgan fingerprint density at radius 1 is 0.944 bits per heavy atom. The number of hydrogen-bond donors (Lipinski definition) is 1. The summed E-state index contributed by atoms with van der Waals surface area (Å²) in [7, 11) is 0. The van der Waals surface area contributed by atoms with Gasteiger partial charge in [-0.15, -0.1) is 0 Å². The summed E-state index contributed by atoms with van der Waals surface area (Å²) in [6, 6.07) is 15.6. The van der Waals surface area contributed by atoms with Gasteiger partial charge in [0.15, 0.2) is 0 Å². The van der Waals surface area contributed by atoms with E-state index in [-0.39, 0.29) is 0 Å². The molecule has 1 atom stereocenters. The molecule has 0 spiro atoms. The van der Waals surface area contributed by atoms with Crippen molar-refractivity contribution in [3.05, 3.63) is 72.3 Å². The highest BCUT2D eigenvalue weighted by Gasteiger charge is 2.13. The minimum absolute atomic E-state index is 0.612. The van der Waals surface area contributed by atoms with E-state index in [0.29, 0.717) is 5.69 Å². The summed E-state index contributed by atoms with van der Waals surface area (Å²) >= 11 is 0. The van der Waals surface area contributed by atoms with Crippen molar-refractivity contribution in [2.45, 2.75) is 6.10 Å². The van der Waals surface area contributed by atoms with Crippen LogP contribution < -0.4 is 0 Å². The van der Waals surface area contributed by atoms with E-state index in [2.05, 4.69) is 9.97 Å². The third kappa shape index (κ3) is 1.85. The molecule has 0 saturated carbocycles. The normalized spacial score (nSPS) is 12.5. The molecule has 3 aromatic rings. The maximum absolute atomic E-state index is 10.4. The first-order chi connectivity index (χ1) is 8.86. The quantitative estimate of drug-likeness (QED) is 0.744. The van der Waals surface area contributed by atoms with E-state index < -0.39 is 6.10 Å². The zero-order chi connectivity index (χ0) is 12.4. The van der Waals surface area contributed by atoms with Gasteiger partial charge in [0.1, 0.15) is 12.4 Å². The molecule has 0 saturated heterocycles. The van der Waals surface area contributed by atoms with E-state index in [1.807, 2.05) is 42.5 Å². The van der Waals surface area contributed by atoms with Crippen LogP contribution in [0.15, 0.2) is 61.1 Å². The number of nitrogens with zero attached hydrogens (tertiary/aromatic N) is 2. The largest absolute Gasteiger partial charge is 0.382 e. The first-order valence-corrected chi connectivity index (χ1v) is 5.78. The van der Waals surface area contributed by atoms with Crippen LogP contribution in [0.1, 0.15) is 17.4 Å². The third-order valence-electron chi connectivity index (χ3n) is 3.00. The highest BCUT2D eigenvalue weighted by molar-refractivity contribution is 5.86. The van der Waals surface area contributed by atoms with Crippen LogP contribution >= 0.6 is 0 Å². The Morgan fingerprint density at radius 3 is 2.61 bits per heavy atom. The van der Waals surface area contributed by atoms with Crippen LogP contribution in [-0.2, 0) is 0 Å². The van der Waals surface area contributed by atoms with Gasteiger partial charge in [0.05, 0.1) is 5.69 Å². The van der Waals surface area contributed by atoms with Crippen LogP contribution in [0.25, 0.3) is 10.8 Å². The molecule has 0 aliphatic heterocycles. The summed E-state index contributed by atoms with van der Waals surface area (Å²) in [6.45, 7) is 0. The molecule has 1 N–H and O–H groups in total. The Bertz CT molecular complexity index is 662. The van der Waals surface area contributed by atoms with E-state index in [1.165, 1.54) is 6.33 Å². The van der Waals surface area contributed by atoms with Crippen molar-refractivity contribution >= 4 is 10.8 Å². The van der Waals surface area contributed by atoms with Gasteiger partial charge in [-0.3, -0.25) is 0 Å². The summed E-state index contributed by atoms with van der Waals surface area (Å²) < 4.78 is 0. The van der Waals surface area contributed by atoms with Crippen LogP contribution in [0.4, 0.5) is 0 Å². The van der Waals surface area contributed by atoms with Gasteiger partial charge in [0, 0.05) is 6.20 Å². The van der Waals surface area contributed by atoms with Crippen molar-refractivity contribution in [2.75, 3.05) is 0 Å². The highest BCUT2D eigenvalue weighted by Crippen LogP contribution is 2.27. The van der Waals surface area contributed by atoms with E-state index in [0.717, 1.165) is 16.3 Å². The second kappa shape index (κ2) is 4.55. The van der Waals surface area contributed by atoms with Gasteiger partial charge < -0.3 is 5.11 Å². The van der Waals surface area contributed by atoms with Crippen LogP contribution in [0.5, 0.6) is 0 Å². The Morgan fingerprint density at radius 2 is 1.78 bits per heavy atom. The number of aliphatic hydroxyl groups is 1. The van der Waals surface area contributed by atoms with Crippen molar-refractivity contribution < 1.29 is 5.11 Å². The number of fused-ring (bicyclic) bond motifs is 1. The molecule has 3 rings (SSSR count). The van der Waals surface area contributed by atoms with Crippen LogP contribution in [0.2, 0.25) is 0 Å². The Hall–Kier alpha value is -2.26. The van der Waals surface area contributed by atoms with E-state index in [4.69, 9.17) is 0 Å². The fraction of sp³-hybridized carbons (Fsp3) is 0.0667. The maximum atomic E-state index is 10.4. The fourth-order valence-corrected chi connectivity index (χ4v) is 2.11. The molecular weight excluding hydrogens is 224 g/mol. The molecule has 3 nitrogen and oxygen atoms in total. The smallest absolute Gasteiger partial charge is 0.122 e. The van der Waals surface area contributed by atoms with Crippen molar-refractivity contribution in [1.82, 2.24) is 9.97 Å². The second-order valence-electron chi connectivity index (χ2n) is 4.11. The van der Waals surface area contributed by atoms with Crippen LogP contribution in [-0.4, -0.2) is 15.1 Å². The molecule has 3 heteroatoms. The summed E-state index contributed by atoms with van der Waals surface area (Å²) in [5, 5.41) is 12.6. The fourth-order valence-electron chi connectivity index (χ4n) is 2.11. The van der Waals surface area contributed by atoms with Gasteiger partial charge >= 0.3 is 0 Å². The van der Waals surface area contributed by atoms with Crippen molar-refractivity contribution in [3.8, 4) is 0 Å². The van der Waals surface area contributed by atoms with Gasteiger partial charge in [-0.2, -0.15) is 0 Å². The first kappa shape index (κ1) is 10.9. The molecule has 88 valence electrons. The number of benzene rings is 2. The zero-order valence-corrected chi connectivity index (χ0v) is 9.69. The van der Waals surface area contributed by atoms with Crippen molar-refractivity contribution in [1.29, 1.82) is 0 Å². The minimum atomic E-state index is -0.723. The Kier molecular flexibility index (Phi) is 2.74. The third-order valence-corrected chi connectivity index (χ3v) is 3.00. The average molecular weight is 236 g/mol. The number of aromatic nitrogens is 2. The standard InChI is InChI=1S/C15H12N2O/c18-15(14-8-9-16-10-17-14)13-7-3-5-11-4-1-2-6-12(11)13/h1-10,15,18H. The lowest BCUT2D eigenvalue weighted by molar-refractivity contribution is 0.216. The Labute approximate surface area is 105 Å². The molecule has 1 heterocycles. The topological polar surface area (TPSA) is 46.0 Å². The molecule has 2 aromatic carbocycles. The lowest BCUT2D eigenvalue weighted by Crippen LogP contribution is -2.03. The lowest BCUT2D eigenvalue weighted by Gasteiger charge is -2.12. The van der Waals surface area contributed by atoms with Crippen LogP contribution in [0, 0.1) is 0 Å². The van der Waals surface area contributed by atoms with Gasteiger partial charge in [-0.05, 0) is 22.4 Å². The van der Waals surface area contributed by atoms with Gasteiger partial charge in [-0.1, -0.05) is 42.5 Å². The zero-order valence-electron chi connectivity index (χ0n) is 9.69. The highest BCUT2D eigenvalue weighted by atomic mass is 16.3. The minimum Gasteiger partial charge on any atom is -0.382 e. The summed E-state index contributed by atoms with van der Waals surface area (Å²) in [6.07, 6.45) is 2.36. The monoisotopic (exact) mass is 236 g/mol. The molecular formula is C15H12N2O. The second-order valence-corrected chi connectivity index (χ2v) is 4.11. The molecule has 0 aliphatic rings. The molecule has 1 unspecified atom stereocenters. The van der Waals surface area contributed by atoms with Gasteiger partial charge in [-0.25, -0.2) is 9.97 Å². The lowest BCUT2D eigenvalue weighted by atomic mass is 9.99. The molecule has 0 amide bonds. The average Bonchev–Trinajstić information content (AvgIpc) is 2.47. The molecule has 0 aliphatic carbocycles. The summed E-state index contributed by atoms with van der Waals surface area (Å²) in [5.41, 5.74) is 1.48. The molecule has 0 fully saturated rings. The number of aliphatic hydroxyl groups excluding tert-OH is 1. The van der Waals surface area contributed by atoms with Gasteiger partial charge in [0.25, 0.3) is 0 Å². The summed E-state index contributed by atoms with van der Waals surface area (Å²) in [4.78, 5) is 7.96. The van der Waals surface area contributed by atoms with Gasteiger partial charge in [0.2, 0.25) is 0 Å². The number of hydrogen-bond acceptors (Lipinski definition) is 3. The first-order valence-electron chi connectivity index (χ1n) is 5.78. The molecule has 0 bridgehead atoms. The molecule has 18 heavy (non-hydrogen) atoms. The molecule has 1 aromatic heterocycles. The van der Waals surface area contributed by atoms with Crippen molar-refractivity contribution in [3.63, 3.8) is 0 Å². The van der Waals surface area contributed by atoms with Crippen LogP contribution in [0.3, 0.4) is 0 Å². The SMILES string of the molecule is OC(c1ccncn1)c1cccc2ccccc12. The Balaban J connectivity index is 2.15.